The Balaban J connectivity index is 1.91. The molecule has 0 unspecified atom stereocenters. The fourth-order valence-corrected chi connectivity index (χ4v) is 2.11. The quantitative estimate of drug-likeness (QED) is 0.848. The third-order valence-corrected chi connectivity index (χ3v) is 3.16. The Bertz CT molecular complexity index is 625. The average molecular weight is 299 g/mol. The summed E-state index contributed by atoms with van der Waals surface area (Å²) in [5.74, 6) is 1.17. The molecule has 0 radical (unpaired) electrons. The molecule has 0 saturated heterocycles. The Morgan fingerprint density at radius 1 is 1.00 bits per heavy atom. The molecule has 0 aliphatic rings. The summed E-state index contributed by atoms with van der Waals surface area (Å²) < 4.78 is 10.9. The van der Waals surface area contributed by atoms with Gasteiger partial charge in [0.1, 0.15) is 11.5 Å². The average Bonchev–Trinajstić information content (AvgIpc) is 2.54. The molecule has 0 saturated carbocycles. The van der Waals surface area contributed by atoms with Gasteiger partial charge in [0.2, 0.25) is 0 Å². The lowest BCUT2D eigenvalue weighted by atomic mass is 10.1. The highest BCUT2D eigenvalue weighted by Crippen LogP contribution is 2.19. The molecule has 1 N–H and O–H groups in total. The molecule has 0 atom stereocenters. The molecular weight excluding hydrogens is 278 g/mol. The first-order valence-electron chi connectivity index (χ1n) is 7.46. The number of amides is 1. The maximum absolute atomic E-state index is 12.0. The SMILES string of the molecule is CCOc1cccc(OCC(=O)Nc2ccccc2CC)c1. The van der Waals surface area contributed by atoms with E-state index in [0.29, 0.717) is 12.4 Å². The van der Waals surface area contributed by atoms with Crippen molar-refractivity contribution in [2.24, 2.45) is 0 Å². The van der Waals surface area contributed by atoms with Crippen LogP contribution in [-0.4, -0.2) is 19.1 Å². The molecule has 4 heteroatoms. The Hall–Kier alpha value is -2.49. The minimum atomic E-state index is -0.178. The van der Waals surface area contributed by atoms with E-state index in [4.69, 9.17) is 9.47 Å². The number of para-hydroxylation sites is 1. The minimum absolute atomic E-state index is 0.0341. The van der Waals surface area contributed by atoms with Gasteiger partial charge in [0.05, 0.1) is 6.61 Å². The Labute approximate surface area is 131 Å². The van der Waals surface area contributed by atoms with E-state index in [9.17, 15) is 4.79 Å². The Morgan fingerprint density at radius 2 is 1.73 bits per heavy atom. The second kappa shape index (κ2) is 8.08. The molecule has 0 fully saturated rings. The number of aryl methyl sites for hydroxylation is 1. The van der Waals surface area contributed by atoms with Crippen LogP contribution in [0, 0.1) is 0 Å². The molecule has 0 spiro atoms. The fourth-order valence-electron chi connectivity index (χ4n) is 2.11. The number of rotatable bonds is 7. The number of nitrogens with one attached hydrogen (secondary N) is 1. The van der Waals surface area contributed by atoms with Gasteiger partial charge in [0, 0.05) is 11.8 Å². The molecule has 22 heavy (non-hydrogen) atoms. The van der Waals surface area contributed by atoms with E-state index in [1.807, 2.05) is 43.3 Å². The predicted molar refractivity (Wildman–Crippen MR) is 87.6 cm³/mol. The van der Waals surface area contributed by atoms with Gasteiger partial charge in [-0.05, 0) is 37.1 Å². The van der Waals surface area contributed by atoms with Crippen LogP contribution in [0.5, 0.6) is 11.5 Å². The maximum atomic E-state index is 12.0. The molecule has 0 aliphatic carbocycles. The number of ether oxygens (including phenoxy) is 2. The first kappa shape index (κ1) is 15.9. The molecule has 1 amide bonds. The van der Waals surface area contributed by atoms with Gasteiger partial charge < -0.3 is 14.8 Å². The summed E-state index contributed by atoms with van der Waals surface area (Å²) >= 11 is 0. The number of benzene rings is 2. The second-order valence-electron chi connectivity index (χ2n) is 4.76. The van der Waals surface area contributed by atoms with Crippen LogP contribution in [0.3, 0.4) is 0 Å². The van der Waals surface area contributed by atoms with Gasteiger partial charge >= 0.3 is 0 Å². The summed E-state index contributed by atoms with van der Waals surface area (Å²) in [6.07, 6.45) is 0.869. The largest absolute Gasteiger partial charge is 0.494 e. The molecule has 2 rings (SSSR count). The number of hydrogen-bond acceptors (Lipinski definition) is 3. The van der Waals surface area contributed by atoms with E-state index in [0.717, 1.165) is 23.4 Å². The van der Waals surface area contributed by atoms with Gasteiger partial charge in [-0.25, -0.2) is 0 Å². The van der Waals surface area contributed by atoms with Crippen molar-refractivity contribution in [3.8, 4) is 11.5 Å². The van der Waals surface area contributed by atoms with Crippen molar-refractivity contribution < 1.29 is 14.3 Å². The monoisotopic (exact) mass is 299 g/mol. The summed E-state index contributed by atoms with van der Waals surface area (Å²) in [6, 6.07) is 15.0. The molecule has 116 valence electrons. The predicted octanol–water partition coefficient (Wildman–Crippen LogP) is 3.67. The van der Waals surface area contributed by atoms with Crippen molar-refractivity contribution in [2.45, 2.75) is 20.3 Å². The van der Waals surface area contributed by atoms with Crippen LogP contribution in [0.4, 0.5) is 5.69 Å². The van der Waals surface area contributed by atoms with Gasteiger partial charge in [0.25, 0.3) is 5.91 Å². The van der Waals surface area contributed by atoms with Crippen LogP contribution in [0.1, 0.15) is 19.4 Å². The highest BCUT2D eigenvalue weighted by Gasteiger charge is 2.07. The van der Waals surface area contributed by atoms with Crippen LogP contribution in [0.15, 0.2) is 48.5 Å². The molecule has 0 heterocycles. The van der Waals surface area contributed by atoms with Crippen LogP contribution < -0.4 is 14.8 Å². The van der Waals surface area contributed by atoms with Crippen molar-refractivity contribution in [2.75, 3.05) is 18.5 Å². The number of carbonyl (C=O) groups excluding carboxylic acids is 1. The molecule has 2 aromatic rings. The first-order valence-corrected chi connectivity index (χ1v) is 7.46. The summed E-state index contributed by atoms with van der Waals surface area (Å²) in [4.78, 5) is 12.0. The van der Waals surface area contributed by atoms with Crippen LogP contribution in [0.2, 0.25) is 0 Å². The lowest BCUT2D eigenvalue weighted by molar-refractivity contribution is -0.118. The number of hydrogen-bond donors (Lipinski definition) is 1. The van der Waals surface area contributed by atoms with E-state index in [2.05, 4.69) is 12.2 Å². The summed E-state index contributed by atoms with van der Waals surface area (Å²) in [6.45, 7) is 4.54. The summed E-state index contributed by atoms with van der Waals surface area (Å²) in [5.41, 5.74) is 1.94. The standard InChI is InChI=1S/C18H21NO3/c1-3-14-8-5-6-11-17(14)19-18(20)13-22-16-10-7-9-15(12-16)21-4-2/h5-12H,3-4,13H2,1-2H3,(H,19,20). The van der Waals surface area contributed by atoms with E-state index in [1.165, 1.54) is 0 Å². The number of anilines is 1. The molecule has 0 aromatic heterocycles. The van der Waals surface area contributed by atoms with E-state index >= 15 is 0 Å². The van der Waals surface area contributed by atoms with Gasteiger partial charge in [0.15, 0.2) is 6.61 Å². The molecule has 2 aromatic carbocycles. The highest BCUT2D eigenvalue weighted by atomic mass is 16.5. The first-order chi connectivity index (χ1) is 10.7. The third-order valence-electron chi connectivity index (χ3n) is 3.16. The van der Waals surface area contributed by atoms with E-state index in [-0.39, 0.29) is 12.5 Å². The van der Waals surface area contributed by atoms with Crippen LogP contribution in [0.25, 0.3) is 0 Å². The number of carbonyl (C=O) groups is 1. The fraction of sp³-hybridized carbons (Fsp3) is 0.278. The van der Waals surface area contributed by atoms with Crippen molar-refractivity contribution in [3.05, 3.63) is 54.1 Å². The van der Waals surface area contributed by atoms with Crippen molar-refractivity contribution in [3.63, 3.8) is 0 Å². The molecule has 0 bridgehead atoms. The summed E-state index contributed by atoms with van der Waals surface area (Å²) in [7, 11) is 0. The minimum Gasteiger partial charge on any atom is -0.494 e. The van der Waals surface area contributed by atoms with Crippen LogP contribution in [-0.2, 0) is 11.2 Å². The maximum Gasteiger partial charge on any atom is 0.262 e. The highest BCUT2D eigenvalue weighted by molar-refractivity contribution is 5.92. The van der Waals surface area contributed by atoms with E-state index in [1.54, 1.807) is 12.1 Å². The zero-order valence-corrected chi connectivity index (χ0v) is 13.0. The molecule has 0 aliphatic heterocycles. The van der Waals surface area contributed by atoms with Gasteiger partial charge in [-0.1, -0.05) is 31.2 Å². The Morgan fingerprint density at radius 3 is 2.45 bits per heavy atom. The van der Waals surface area contributed by atoms with Crippen molar-refractivity contribution in [1.82, 2.24) is 0 Å². The molecular formula is C18H21NO3. The lowest BCUT2D eigenvalue weighted by Gasteiger charge is -2.11. The lowest BCUT2D eigenvalue weighted by Crippen LogP contribution is -2.20. The normalized spacial score (nSPS) is 10.1. The second-order valence-corrected chi connectivity index (χ2v) is 4.76. The molecule has 4 nitrogen and oxygen atoms in total. The zero-order chi connectivity index (χ0) is 15.8. The zero-order valence-electron chi connectivity index (χ0n) is 13.0. The van der Waals surface area contributed by atoms with E-state index < -0.39 is 0 Å². The third kappa shape index (κ3) is 4.52. The topological polar surface area (TPSA) is 47.6 Å². The van der Waals surface area contributed by atoms with Gasteiger partial charge in [-0.15, -0.1) is 0 Å². The summed E-state index contributed by atoms with van der Waals surface area (Å²) in [5, 5.41) is 2.88. The Kier molecular flexibility index (Phi) is 5.83. The van der Waals surface area contributed by atoms with Gasteiger partial charge in [-0.3, -0.25) is 4.79 Å². The van der Waals surface area contributed by atoms with Crippen LogP contribution >= 0.6 is 0 Å². The van der Waals surface area contributed by atoms with Crippen molar-refractivity contribution in [1.29, 1.82) is 0 Å². The van der Waals surface area contributed by atoms with Crippen molar-refractivity contribution >= 4 is 11.6 Å². The van der Waals surface area contributed by atoms with Gasteiger partial charge in [-0.2, -0.15) is 0 Å². The smallest absolute Gasteiger partial charge is 0.262 e.